The average molecular weight is 612 g/mol. The third kappa shape index (κ3) is 18.4. The number of unbranched alkanes of at least 4 members (excludes halogenated alkanes) is 6. The van der Waals surface area contributed by atoms with Crippen molar-refractivity contribution >= 4 is 17.7 Å². The second kappa shape index (κ2) is 25.6. The molecule has 43 heavy (non-hydrogen) atoms. The van der Waals surface area contributed by atoms with Gasteiger partial charge in [0.25, 0.3) is 5.91 Å². The van der Waals surface area contributed by atoms with Gasteiger partial charge in [0.15, 0.2) is 11.5 Å². The predicted octanol–water partition coefficient (Wildman–Crippen LogP) is 2.34. The molecule has 1 aromatic carbocycles. The van der Waals surface area contributed by atoms with Gasteiger partial charge in [-0.3, -0.25) is 14.4 Å². The fourth-order valence-electron chi connectivity index (χ4n) is 4.01. The molecule has 12 nitrogen and oxygen atoms in total. The van der Waals surface area contributed by atoms with Crippen LogP contribution in [0, 0.1) is 0 Å². The first kappa shape index (κ1) is 38.1. The minimum absolute atomic E-state index is 0.0928. The Hall–Kier alpha value is -2.93. The van der Waals surface area contributed by atoms with Crippen LogP contribution in [0.2, 0.25) is 0 Å². The molecule has 0 spiro atoms. The number of carbonyl (C=O) groups excluding carboxylic acids is 3. The molecule has 1 rings (SSSR count). The maximum absolute atomic E-state index is 13.3. The monoisotopic (exact) mass is 611 g/mol. The highest BCUT2D eigenvalue weighted by atomic mass is 16.6. The van der Waals surface area contributed by atoms with E-state index >= 15 is 0 Å². The summed E-state index contributed by atoms with van der Waals surface area (Å²) < 4.78 is 22.0. The van der Waals surface area contributed by atoms with E-state index in [9.17, 15) is 14.4 Å². The van der Waals surface area contributed by atoms with Crippen LogP contribution in [0.25, 0.3) is 0 Å². The van der Waals surface area contributed by atoms with Gasteiger partial charge in [-0.2, -0.15) is 0 Å². The lowest BCUT2D eigenvalue weighted by molar-refractivity contribution is -0.128. The molecule has 3 amide bonds. The van der Waals surface area contributed by atoms with Crippen molar-refractivity contribution in [3.63, 3.8) is 0 Å². The van der Waals surface area contributed by atoms with Crippen LogP contribution in [0.1, 0.15) is 82.0 Å². The van der Waals surface area contributed by atoms with Crippen LogP contribution in [0.4, 0.5) is 0 Å². The van der Waals surface area contributed by atoms with Crippen LogP contribution in [0.5, 0.6) is 11.5 Å². The van der Waals surface area contributed by atoms with Crippen LogP contribution in [-0.2, 0) is 19.1 Å². The Labute approximate surface area is 256 Å². The SMILES string of the molecule is CCCCCCNC(=O)C[C@H](NC(=O)c1ccc(OCCOCCO)c(OCCOCCO)c1)C(=O)NCCCCCC. The summed E-state index contributed by atoms with van der Waals surface area (Å²) >= 11 is 0. The smallest absolute Gasteiger partial charge is 0.252 e. The van der Waals surface area contributed by atoms with Gasteiger partial charge in [0.1, 0.15) is 19.3 Å². The number of hydrogen-bond acceptors (Lipinski definition) is 9. The van der Waals surface area contributed by atoms with Gasteiger partial charge in [-0.05, 0) is 31.0 Å². The van der Waals surface area contributed by atoms with Gasteiger partial charge in [-0.25, -0.2) is 0 Å². The van der Waals surface area contributed by atoms with Gasteiger partial charge < -0.3 is 45.1 Å². The highest BCUT2D eigenvalue weighted by Crippen LogP contribution is 2.28. The lowest BCUT2D eigenvalue weighted by atomic mass is 10.1. The zero-order valence-electron chi connectivity index (χ0n) is 26.0. The Kier molecular flexibility index (Phi) is 22.6. The number of hydrogen-bond donors (Lipinski definition) is 5. The normalized spacial score (nSPS) is 11.5. The maximum atomic E-state index is 13.3. The van der Waals surface area contributed by atoms with Crippen molar-refractivity contribution in [2.24, 2.45) is 0 Å². The van der Waals surface area contributed by atoms with Gasteiger partial charge in [-0.15, -0.1) is 0 Å². The van der Waals surface area contributed by atoms with Gasteiger partial charge in [0.2, 0.25) is 11.8 Å². The largest absolute Gasteiger partial charge is 0.487 e. The van der Waals surface area contributed by atoms with Crippen molar-refractivity contribution in [2.75, 3.05) is 65.9 Å². The Morgan fingerprint density at radius 2 is 1.30 bits per heavy atom. The second-order valence-corrected chi connectivity index (χ2v) is 10.0. The van der Waals surface area contributed by atoms with Gasteiger partial charge >= 0.3 is 0 Å². The lowest BCUT2D eigenvalue weighted by Crippen LogP contribution is -2.49. The van der Waals surface area contributed by atoms with E-state index in [0.29, 0.717) is 18.8 Å². The topological polar surface area (TPSA) is 165 Å². The quantitative estimate of drug-likeness (QED) is 0.0939. The molecular weight excluding hydrogens is 558 g/mol. The molecule has 0 aliphatic rings. The van der Waals surface area contributed by atoms with Crippen LogP contribution in [0.3, 0.4) is 0 Å². The lowest BCUT2D eigenvalue weighted by Gasteiger charge is -2.19. The number of amides is 3. The molecule has 12 heteroatoms. The van der Waals surface area contributed by atoms with Crippen LogP contribution in [0.15, 0.2) is 18.2 Å². The van der Waals surface area contributed by atoms with Gasteiger partial charge in [0.05, 0.1) is 46.1 Å². The van der Waals surface area contributed by atoms with Crippen LogP contribution >= 0.6 is 0 Å². The summed E-state index contributed by atoms with van der Waals surface area (Å²) in [4.78, 5) is 39.0. The number of aliphatic hydroxyl groups excluding tert-OH is 2. The summed E-state index contributed by atoms with van der Waals surface area (Å²) in [5.41, 5.74) is 0.218. The number of aliphatic hydroxyl groups is 2. The molecule has 0 aliphatic carbocycles. The standard InChI is InChI=1S/C31H53N3O9/c1-3-5-7-9-13-32-29(37)24-26(31(39)33-14-10-8-6-4-2)34-30(38)25-11-12-27(42-21-19-40-17-15-35)28(23-25)43-22-20-41-18-16-36/h11-12,23,26,35-36H,3-10,13-22,24H2,1-2H3,(H,32,37)(H,33,39)(H,34,38)/t26-/m0/s1. The predicted molar refractivity (Wildman–Crippen MR) is 163 cm³/mol. The molecule has 0 radical (unpaired) electrons. The summed E-state index contributed by atoms with van der Waals surface area (Å²) in [6, 6.07) is 3.57. The van der Waals surface area contributed by atoms with E-state index in [1.54, 1.807) is 12.1 Å². The Morgan fingerprint density at radius 3 is 1.88 bits per heavy atom. The van der Waals surface area contributed by atoms with E-state index in [-0.39, 0.29) is 76.5 Å². The third-order valence-corrected chi connectivity index (χ3v) is 6.34. The highest BCUT2D eigenvalue weighted by Gasteiger charge is 2.25. The zero-order valence-corrected chi connectivity index (χ0v) is 26.0. The summed E-state index contributed by atoms with van der Waals surface area (Å²) in [6.07, 6.45) is 7.84. The molecule has 0 bridgehead atoms. The van der Waals surface area contributed by atoms with E-state index in [1.165, 1.54) is 6.07 Å². The number of carbonyl (C=O) groups is 3. The van der Waals surface area contributed by atoms with E-state index in [2.05, 4.69) is 29.8 Å². The summed E-state index contributed by atoms with van der Waals surface area (Å²) in [5, 5.41) is 26.2. The second-order valence-electron chi connectivity index (χ2n) is 10.0. The molecular formula is C31H53N3O9. The van der Waals surface area contributed by atoms with Crippen molar-refractivity contribution in [3.05, 3.63) is 23.8 Å². The summed E-state index contributed by atoms with van der Waals surface area (Å²) in [6.45, 7) is 6.17. The molecule has 1 aromatic rings. The van der Waals surface area contributed by atoms with Crippen molar-refractivity contribution in [1.82, 2.24) is 16.0 Å². The zero-order chi connectivity index (χ0) is 31.5. The minimum Gasteiger partial charge on any atom is -0.487 e. The molecule has 5 N–H and O–H groups in total. The van der Waals surface area contributed by atoms with Gasteiger partial charge in [-0.1, -0.05) is 52.4 Å². The summed E-state index contributed by atoms with van der Waals surface area (Å²) in [7, 11) is 0. The highest BCUT2D eigenvalue weighted by molar-refractivity contribution is 5.99. The molecule has 0 unspecified atom stereocenters. The van der Waals surface area contributed by atoms with Crippen molar-refractivity contribution < 1.29 is 43.5 Å². The van der Waals surface area contributed by atoms with E-state index in [1.807, 2.05) is 0 Å². The van der Waals surface area contributed by atoms with Gasteiger partial charge in [0, 0.05) is 18.7 Å². The molecule has 0 aliphatic heterocycles. The van der Waals surface area contributed by atoms with Crippen molar-refractivity contribution in [1.29, 1.82) is 0 Å². The van der Waals surface area contributed by atoms with E-state index < -0.39 is 17.9 Å². The van der Waals surface area contributed by atoms with Crippen LogP contribution < -0.4 is 25.4 Å². The average Bonchev–Trinajstić information content (AvgIpc) is 3.00. The number of ether oxygens (including phenoxy) is 4. The number of rotatable bonds is 27. The molecule has 0 heterocycles. The van der Waals surface area contributed by atoms with Crippen LogP contribution in [-0.4, -0.2) is 99.9 Å². The minimum atomic E-state index is -1.05. The Morgan fingerprint density at radius 1 is 0.721 bits per heavy atom. The fraction of sp³-hybridized carbons (Fsp3) is 0.710. The molecule has 0 saturated heterocycles. The first-order valence-electron chi connectivity index (χ1n) is 15.6. The molecule has 0 aromatic heterocycles. The number of benzene rings is 1. The maximum Gasteiger partial charge on any atom is 0.252 e. The first-order valence-corrected chi connectivity index (χ1v) is 15.6. The van der Waals surface area contributed by atoms with Crippen molar-refractivity contribution in [2.45, 2.75) is 77.7 Å². The Balaban J connectivity index is 2.94. The third-order valence-electron chi connectivity index (χ3n) is 6.34. The van der Waals surface area contributed by atoms with E-state index in [0.717, 1.165) is 51.4 Å². The molecule has 1 atom stereocenters. The van der Waals surface area contributed by atoms with Crippen molar-refractivity contribution in [3.8, 4) is 11.5 Å². The summed E-state index contributed by atoms with van der Waals surface area (Å²) in [5.74, 6) is -0.603. The Bertz CT molecular complexity index is 901. The molecule has 0 saturated carbocycles. The fourth-order valence-corrected chi connectivity index (χ4v) is 4.01. The molecule has 246 valence electrons. The number of nitrogens with one attached hydrogen (secondary N) is 3. The molecule has 0 fully saturated rings. The van der Waals surface area contributed by atoms with E-state index in [4.69, 9.17) is 29.2 Å². The first-order chi connectivity index (χ1) is 21.0.